The van der Waals surface area contributed by atoms with Gasteiger partial charge in [-0.15, -0.1) is 5.10 Å². The summed E-state index contributed by atoms with van der Waals surface area (Å²) in [4.78, 5) is 0. The molecule has 0 unspecified atom stereocenters. The van der Waals surface area contributed by atoms with Crippen LogP contribution in [-0.2, 0) is 18.0 Å². The van der Waals surface area contributed by atoms with Crippen LogP contribution in [0.5, 0.6) is 17.2 Å². The molecule has 0 aliphatic carbocycles. The molecule has 0 saturated carbocycles. The molecule has 0 saturated heterocycles. The number of ether oxygens (including phenoxy) is 4. The number of rotatable bonds is 3. The molecular formula is C14H17N3O4. The molecule has 0 amide bonds. The Labute approximate surface area is 122 Å². The van der Waals surface area contributed by atoms with E-state index in [1.54, 1.807) is 26.0 Å². The van der Waals surface area contributed by atoms with Crippen LogP contribution in [0.15, 0.2) is 6.07 Å². The molecule has 7 nitrogen and oxygen atoms in total. The molecule has 0 bridgehead atoms. The summed E-state index contributed by atoms with van der Waals surface area (Å²) in [6, 6.07) is 1.88. The lowest BCUT2D eigenvalue weighted by Gasteiger charge is -2.18. The highest BCUT2D eigenvalue weighted by Crippen LogP contribution is 2.45. The van der Waals surface area contributed by atoms with E-state index in [1.807, 2.05) is 13.0 Å². The zero-order chi connectivity index (χ0) is 15.0. The van der Waals surface area contributed by atoms with Gasteiger partial charge in [-0.2, -0.15) is 0 Å². The van der Waals surface area contributed by atoms with E-state index in [9.17, 15) is 0 Å². The zero-order valence-electron chi connectivity index (χ0n) is 12.5. The molecule has 1 aromatic carbocycles. The van der Waals surface area contributed by atoms with Gasteiger partial charge in [-0.1, -0.05) is 5.21 Å². The largest absolute Gasteiger partial charge is 0.493 e. The fourth-order valence-electron chi connectivity index (χ4n) is 2.51. The van der Waals surface area contributed by atoms with Gasteiger partial charge in [0.25, 0.3) is 0 Å². The van der Waals surface area contributed by atoms with Crippen molar-refractivity contribution in [2.24, 2.45) is 0 Å². The highest BCUT2D eigenvalue weighted by atomic mass is 16.5. The average molecular weight is 291 g/mol. The monoisotopic (exact) mass is 291 g/mol. The molecule has 0 radical (unpaired) electrons. The van der Waals surface area contributed by atoms with E-state index in [-0.39, 0.29) is 0 Å². The lowest BCUT2D eigenvalue weighted by molar-refractivity contribution is 0.107. The first kappa shape index (κ1) is 13.7. The Hall–Kier alpha value is -2.28. The summed E-state index contributed by atoms with van der Waals surface area (Å²) in [6.45, 7) is 2.79. The van der Waals surface area contributed by atoms with Gasteiger partial charge in [0.05, 0.1) is 45.9 Å². The quantitative estimate of drug-likeness (QED) is 0.856. The number of hydrogen-bond acceptors (Lipinski definition) is 6. The molecule has 1 aliphatic rings. The summed E-state index contributed by atoms with van der Waals surface area (Å²) in [5.41, 5.74) is 3.43. The normalized spacial score (nSPS) is 13.1. The van der Waals surface area contributed by atoms with Crippen LogP contribution >= 0.6 is 0 Å². The maximum absolute atomic E-state index is 5.71. The standard InChI is InChI=1S/C14H17N3O4/c1-8-10-7-21-6-9-5-11(18-2)13(19-3)14(20-4)12(9)17(10)16-15-8/h5H,6-7H2,1-4H3. The number of benzene rings is 1. The van der Waals surface area contributed by atoms with Crippen molar-refractivity contribution < 1.29 is 18.9 Å². The Morgan fingerprint density at radius 3 is 2.52 bits per heavy atom. The number of methoxy groups -OCH3 is 3. The van der Waals surface area contributed by atoms with E-state index in [0.717, 1.165) is 22.6 Å². The maximum Gasteiger partial charge on any atom is 0.205 e. The molecule has 2 aromatic rings. The molecule has 7 heteroatoms. The third-order valence-electron chi connectivity index (χ3n) is 3.55. The van der Waals surface area contributed by atoms with Gasteiger partial charge in [0.15, 0.2) is 11.5 Å². The lowest BCUT2D eigenvalue weighted by Crippen LogP contribution is -2.07. The van der Waals surface area contributed by atoms with Gasteiger partial charge < -0.3 is 18.9 Å². The highest BCUT2D eigenvalue weighted by Gasteiger charge is 2.27. The molecule has 3 rings (SSSR count). The van der Waals surface area contributed by atoms with Gasteiger partial charge in [0.1, 0.15) is 5.69 Å². The summed E-state index contributed by atoms with van der Waals surface area (Å²) >= 11 is 0. The third-order valence-corrected chi connectivity index (χ3v) is 3.55. The van der Waals surface area contributed by atoms with Gasteiger partial charge in [-0.25, -0.2) is 4.68 Å². The Balaban J connectivity index is 2.34. The number of aryl methyl sites for hydroxylation is 1. The fraction of sp³-hybridized carbons (Fsp3) is 0.429. The van der Waals surface area contributed by atoms with Crippen molar-refractivity contribution >= 4 is 0 Å². The average Bonchev–Trinajstić information content (AvgIpc) is 2.76. The molecule has 1 aliphatic heterocycles. The number of hydrogen-bond donors (Lipinski definition) is 0. The van der Waals surface area contributed by atoms with Crippen LogP contribution < -0.4 is 14.2 Å². The van der Waals surface area contributed by atoms with Crippen molar-refractivity contribution in [1.82, 2.24) is 15.0 Å². The van der Waals surface area contributed by atoms with Crippen LogP contribution in [0.2, 0.25) is 0 Å². The predicted molar refractivity (Wildman–Crippen MR) is 74.2 cm³/mol. The molecule has 0 N–H and O–H groups in total. The maximum atomic E-state index is 5.71. The second-order valence-electron chi connectivity index (χ2n) is 4.68. The van der Waals surface area contributed by atoms with Gasteiger partial charge in [0.2, 0.25) is 5.75 Å². The van der Waals surface area contributed by atoms with Crippen LogP contribution in [0.4, 0.5) is 0 Å². The Bertz CT molecular complexity index is 681. The molecule has 0 atom stereocenters. The van der Waals surface area contributed by atoms with E-state index in [0.29, 0.717) is 30.5 Å². The summed E-state index contributed by atoms with van der Waals surface area (Å²) in [5, 5.41) is 8.33. The van der Waals surface area contributed by atoms with Crippen molar-refractivity contribution in [1.29, 1.82) is 0 Å². The number of nitrogens with zero attached hydrogens (tertiary/aromatic N) is 3. The molecule has 2 heterocycles. The predicted octanol–water partition coefficient (Wildman–Crippen LogP) is 1.63. The minimum Gasteiger partial charge on any atom is -0.493 e. The third kappa shape index (κ3) is 2.01. The number of fused-ring (bicyclic) bond motifs is 3. The van der Waals surface area contributed by atoms with Crippen molar-refractivity contribution in [3.8, 4) is 22.9 Å². The Morgan fingerprint density at radius 2 is 1.86 bits per heavy atom. The van der Waals surface area contributed by atoms with Crippen molar-refractivity contribution in [2.45, 2.75) is 20.1 Å². The number of aromatic nitrogens is 3. The fourth-order valence-corrected chi connectivity index (χ4v) is 2.51. The minimum atomic E-state index is 0.439. The smallest absolute Gasteiger partial charge is 0.205 e. The minimum absolute atomic E-state index is 0.439. The van der Waals surface area contributed by atoms with Crippen LogP contribution in [-0.4, -0.2) is 36.3 Å². The molecule has 21 heavy (non-hydrogen) atoms. The zero-order valence-corrected chi connectivity index (χ0v) is 12.5. The van der Waals surface area contributed by atoms with Crippen LogP contribution in [0, 0.1) is 6.92 Å². The summed E-state index contributed by atoms with van der Waals surface area (Å²) < 4.78 is 23.8. The van der Waals surface area contributed by atoms with Crippen LogP contribution in [0.1, 0.15) is 17.0 Å². The second kappa shape index (κ2) is 5.25. The highest BCUT2D eigenvalue weighted by molar-refractivity contribution is 5.66. The van der Waals surface area contributed by atoms with Gasteiger partial charge in [-0.05, 0) is 13.0 Å². The Morgan fingerprint density at radius 1 is 1.10 bits per heavy atom. The van der Waals surface area contributed by atoms with Crippen molar-refractivity contribution in [2.75, 3.05) is 21.3 Å². The van der Waals surface area contributed by atoms with E-state index in [1.165, 1.54) is 0 Å². The SMILES string of the molecule is COc1cc2c(c(OC)c1OC)-n1nnc(C)c1COC2. The van der Waals surface area contributed by atoms with Gasteiger partial charge in [-0.3, -0.25) is 0 Å². The van der Waals surface area contributed by atoms with Crippen molar-refractivity contribution in [3.05, 3.63) is 23.0 Å². The molecular weight excluding hydrogens is 274 g/mol. The topological polar surface area (TPSA) is 67.6 Å². The summed E-state index contributed by atoms with van der Waals surface area (Å²) in [5.74, 6) is 1.68. The first-order chi connectivity index (χ1) is 10.2. The van der Waals surface area contributed by atoms with E-state index in [2.05, 4.69) is 10.3 Å². The lowest BCUT2D eigenvalue weighted by atomic mass is 10.1. The summed E-state index contributed by atoms with van der Waals surface area (Å²) in [7, 11) is 4.76. The van der Waals surface area contributed by atoms with Crippen LogP contribution in [0.3, 0.4) is 0 Å². The second-order valence-corrected chi connectivity index (χ2v) is 4.68. The van der Waals surface area contributed by atoms with E-state index in [4.69, 9.17) is 18.9 Å². The van der Waals surface area contributed by atoms with Gasteiger partial charge >= 0.3 is 0 Å². The van der Waals surface area contributed by atoms with E-state index < -0.39 is 0 Å². The van der Waals surface area contributed by atoms with Gasteiger partial charge in [0, 0.05) is 5.56 Å². The van der Waals surface area contributed by atoms with Crippen molar-refractivity contribution in [3.63, 3.8) is 0 Å². The summed E-state index contributed by atoms with van der Waals surface area (Å²) in [6.07, 6.45) is 0. The Kier molecular flexibility index (Phi) is 3.42. The molecule has 0 fully saturated rings. The van der Waals surface area contributed by atoms with Crippen LogP contribution in [0.25, 0.3) is 5.69 Å². The molecule has 112 valence electrons. The molecule has 1 aromatic heterocycles. The van der Waals surface area contributed by atoms with E-state index >= 15 is 0 Å². The first-order valence-corrected chi connectivity index (χ1v) is 6.52. The first-order valence-electron chi connectivity index (χ1n) is 6.52. The molecule has 0 spiro atoms.